The van der Waals surface area contributed by atoms with E-state index in [4.69, 9.17) is 5.73 Å². The first-order valence-corrected chi connectivity index (χ1v) is 5.32. The molecule has 3 nitrogen and oxygen atoms in total. The van der Waals surface area contributed by atoms with E-state index in [1.807, 2.05) is 18.2 Å². The number of hydrogen-bond acceptors (Lipinski definition) is 2. The van der Waals surface area contributed by atoms with Crippen LogP contribution in [0.5, 0.6) is 0 Å². The SMILES string of the molecule is Cl.NC(=O)C1CNCC(c2ccccc2)C1. The molecule has 16 heavy (non-hydrogen) atoms. The Labute approximate surface area is 102 Å². The lowest BCUT2D eigenvalue weighted by molar-refractivity contribution is -0.122. The number of amides is 1. The zero-order chi connectivity index (χ0) is 10.7. The number of carbonyl (C=O) groups excluding carboxylic acids is 1. The fourth-order valence-corrected chi connectivity index (χ4v) is 2.14. The Morgan fingerprint density at radius 1 is 1.25 bits per heavy atom. The van der Waals surface area contributed by atoms with E-state index in [-0.39, 0.29) is 24.2 Å². The number of halogens is 1. The van der Waals surface area contributed by atoms with Crippen molar-refractivity contribution in [1.82, 2.24) is 5.32 Å². The van der Waals surface area contributed by atoms with Gasteiger partial charge in [-0.1, -0.05) is 30.3 Å². The van der Waals surface area contributed by atoms with Crippen molar-refractivity contribution in [1.29, 1.82) is 0 Å². The minimum Gasteiger partial charge on any atom is -0.369 e. The quantitative estimate of drug-likeness (QED) is 0.819. The first-order valence-electron chi connectivity index (χ1n) is 5.32. The summed E-state index contributed by atoms with van der Waals surface area (Å²) < 4.78 is 0. The number of nitrogens with one attached hydrogen (secondary N) is 1. The number of piperidine rings is 1. The molecule has 1 heterocycles. The number of nitrogens with two attached hydrogens (primary N) is 1. The molecule has 1 saturated heterocycles. The summed E-state index contributed by atoms with van der Waals surface area (Å²) in [6.07, 6.45) is 0.867. The summed E-state index contributed by atoms with van der Waals surface area (Å²) in [5.41, 5.74) is 6.62. The number of hydrogen-bond donors (Lipinski definition) is 2. The molecule has 0 radical (unpaired) electrons. The highest BCUT2D eigenvalue weighted by Crippen LogP contribution is 2.25. The van der Waals surface area contributed by atoms with Crippen molar-refractivity contribution in [3.8, 4) is 0 Å². The van der Waals surface area contributed by atoms with E-state index >= 15 is 0 Å². The Bertz CT molecular complexity index is 342. The van der Waals surface area contributed by atoms with Gasteiger partial charge in [-0.05, 0) is 17.9 Å². The largest absolute Gasteiger partial charge is 0.369 e. The van der Waals surface area contributed by atoms with Gasteiger partial charge in [0, 0.05) is 13.1 Å². The van der Waals surface area contributed by atoms with E-state index in [1.165, 1.54) is 5.56 Å². The number of primary amides is 1. The summed E-state index contributed by atoms with van der Waals surface area (Å²) in [4.78, 5) is 11.1. The van der Waals surface area contributed by atoms with Crippen LogP contribution in [0.2, 0.25) is 0 Å². The second kappa shape index (κ2) is 5.87. The second-order valence-electron chi connectivity index (χ2n) is 4.10. The summed E-state index contributed by atoms with van der Waals surface area (Å²) >= 11 is 0. The van der Waals surface area contributed by atoms with Gasteiger partial charge in [-0.15, -0.1) is 12.4 Å². The van der Waals surface area contributed by atoms with Crippen molar-refractivity contribution in [2.75, 3.05) is 13.1 Å². The maximum absolute atomic E-state index is 11.1. The Hall–Kier alpha value is -1.06. The van der Waals surface area contributed by atoms with Crippen LogP contribution >= 0.6 is 12.4 Å². The van der Waals surface area contributed by atoms with E-state index in [2.05, 4.69) is 17.4 Å². The van der Waals surface area contributed by atoms with Crippen LogP contribution in [0, 0.1) is 5.92 Å². The predicted octanol–water partition coefficient (Wildman–Crippen LogP) is 1.29. The average molecular weight is 241 g/mol. The van der Waals surface area contributed by atoms with E-state index in [0.29, 0.717) is 5.92 Å². The first-order chi connectivity index (χ1) is 7.27. The van der Waals surface area contributed by atoms with Gasteiger partial charge in [0.15, 0.2) is 0 Å². The van der Waals surface area contributed by atoms with Gasteiger partial charge in [0.25, 0.3) is 0 Å². The molecular weight excluding hydrogens is 224 g/mol. The molecule has 0 aliphatic carbocycles. The molecule has 1 fully saturated rings. The van der Waals surface area contributed by atoms with Crippen molar-refractivity contribution in [3.05, 3.63) is 35.9 Å². The summed E-state index contributed by atoms with van der Waals surface area (Å²) in [5, 5.41) is 3.26. The van der Waals surface area contributed by atoms with Crippen LogP contribution in [0.1, 0.15) is 17.9 Å². The molecule has 1 aromatic rings. The lowest BCUT2D eigenvalue weighted by Gasteiger charge is -2.28. The zero-order valence-corrected chi connectivity index (χ0v) is 9.87. The van der Waals surface area contributed by atoms with Gasteiger partial charge >= 0.3 is 0 Å². The van der Waals surface area contributed by atoms with Gasteiger partial charge in [-0.2, -0.15) is 0 Å². The molecular formula is C12H17ClN2O. The average Bonchev–Trinajstić information content (AvgIpc) is 2.30. The number of carbonyl (C=O) groups is 1. The molecule has 0 spiro atoms. The molecule has 1 amide bonds. The Morgan fingerprint density at radius 2 is 1.94 bits per heavy atom. The lowest BCUT2D eigenvalue weighted by atomic mass is 9.85. The molecule has 0 bridgehead atoms. The van der Waals surface area contributed by atoms with Gasteiger partial charge in [0.05, 0.1) is 5.92 Å². The number of benzene rings is 1. The van der Waals surface area contributed by atoms with Crippen molar-refractivity contribution >= 4 is 18.3 Å². The maximum atomic E-state index is 11.1. The molecule has 88 valence electrons. The second-order valence-corrected chi connectivity index (χ2v) is 4.10. The van der Waals surface area contributed by atoms with Gasteiger partial charge in [0.2, 0.25) is 5.91 Å². The van der Waals surface area contributed by atoms with Crippen molar-refractivity contribution < 1.29 is 4.79 Å². The Balaban J connectivity index is 0.00000128. The third kappa shape index (κ3) is 2.97. The van der Waals surface area contributed by atoms with Crippen LogP contribution in [-0.2, 0) is 4.79 Å². The van der Waals surface area contributed by atoms with Crippen LogP contribution in [0.4, 0.5) is 0 Å². The number of rotatable bonds is 2. The van der Waals surface area contributed by atoms with Crippen molar-refractivity contribution in [3.63, 3.8) is 0 Å². The van der Waals surface area contributed by atoms with E-state index in [1.54, 1.807) is 0 Å². The van der Waals surface area contributed by atoms with Crippen LogP contribution in [0.15, 0.2) is 30.3 Å². The summed E-state index contributed by atoms with van der Waals surface area (Å²) in [5.74, 6) is 0.199. The monoisotopic (exact) mass is 240 g/mol. The Kier molecular flexibility index (Phi) is 4.77. The summed E-state index contributed by atoms with van der Waals surface area (Å²) in [7, 11) is 0. The molecule has 2 unspecified atom stereocenters. The molecule has 1 aliphatic heterocycles. The molecule has 1 aromatic carbocycles. The standard InChI is InChI=1S/C12H16N2O.ClH/c13-12(15)11-6-10(7-14-8-11)9-4-2-1-3-5-9;/h1-5,10-11,14H,6-8H2,(H2,13,15);1H. The van der Waals surface area contributed by atoms with Gasteiger partial charge < -0.3 is 11.1 Å². The molecule has 0 aromatic heterocycles. The maximum Gasteiger partial charge on any atom is 0.221 e. The van der Waals surface area contributed by atoms with Crippen molar-refractivity contribution in [2.45, 2.75) is 12.3 Å². The normalized spacial score (nSPS) is 24.5. The van der Waals surface area contributed by atoms with Gasteiger partial charge in [-0.25, -0.2) is 0 Å². The summed E-state index contributed by atoms with van der Waals surface area (Å²) in [6, 6.07) is 10.3. The first kappa shape index (κ1) is 13.0. The summed E-state index contributed by atoms with van der Waals surface area (Å²) in [6.45, 7) is 1.66. The molecule has 2 rings (SSSR count). The van der Waals surface area contributed by atoms with Gasteiger partial charge in [-0.3, -0.25) is 4.79 Å². The van der Waals surface area contributed by atoms with Crippen LogP contribution in [0.3, 0.4) is 0 Å². The van der Waals surface area contributed by atoms with Crippen LogP contribution in [0.25, 0.3) is 0 Å². The molecule has 2 atom stereocenters. The molecule has 3 N–H and O–H groups in total. The zero-order valence-electron chi connectivity index (χ0n) is 9.06. The van der Waals surface area contributed by atoms with E-state index in [0.717, 1.165) is 19.5 Å². The Morgan fingerprint density at radius 3 is 2.56 bits per heavy atom. The van der Waals surface area contributed by atoms with Crippen LogP contribution in [-0.4, -0.2) is 19.0 Å². The smallest absolute Gasteiger partial charge is 0.221 e. The molecule has 0 saturated carbocycles. The fourth-order valence-electron chi connectivity index (χ4n) is 2.14. The highest BCUT2D eigenvalue weighted by atomic mass is 35.5. The van der Waals surface area contributed by atoms with E-state index in [9.17, 15) is 4.79 Å². The van der Waals surface area contributed by atoms with Crippen LogP contribution < -0.4 is 11.1 Å². The molecule has 4 heteroatoms. The van der Waals surface area contributed by atoms with Crippen molar-refractivity contribution in [2.24, 2.45) is 11.7 Å². The highest BCUT2D eigenvalue weighted by Gasteiger charge is 2.25. The third-order valence-electron chi connectivity index (χ3n) is 3.02. The minimum atomic E-state index is -0.192. The fraction of sp³-hybridized carbons (Fsp3) is 0.417. The topological polar surface area (TPSA) is 55.1 Å². The molecule has 1 aliphatic rings. The third-order valence-corrected chi connectivity index (χ3v) is 3.02. The minimum absolute atomic E-state index is 0. The highest BCUT2D eigenvalue weighted by molar-refractivity contribution is 5.85. The van der Waals surface area contributed by atoms with Gasteiger partial charge in [0.1, 0.15) is 0 Å². The van der Waals surface area contributed by atoms with E-state index < -0.39 is 0 Å². The lowest BCUT2D eigenvalue weighted by Crippen LogP contribution is -2.41. The predicted molar refractivity (Wildman–Crippen MR) is 66.6 cm³/mol.